The van der Waals surface area contributed by atoms with Crippen molar-refractivity contribution in [2.45, 2.75) is 38.8 Å². The second kappa shape index (κ2) is 10.4. The molecule has 2 aromatic heterocycles. The number of hydrogen-bond donors (Lipinski definition) is 1. The van der Waals surface area contributed by atoms with E-state index in [0.717, 1.165) is 43.6 Å². The van der Waals surface area contributed by atoms with Crippen LogP contribution in [0, 0.1) is 6.92 Å². The molecule has 4 rings (SSSR count). The fourth-order valence-electron chi connectivity index (χ4n) is 3.77. The Labute approximate surface area is 183 Å². The van der Waals surface area contributed by atoms with Crippen LogP contribution in [0.4, 0.5) is 0 Å². The number of aromatic nitrogens is 2. The average molecular weight is 427 g/mol. The Hall–Kier alpha value is -2.70. The topological polar surface area (TPSA) is 71.3 Å². The van der Waals surface area contributed by atoms with E-state index in [1.54, 1.807) is 6.20 Å². The SMILES string of the molecule is Cc1nc(-c2ccccc2)oc1C(=O)N(Cc1ccccn1)C1CCCNCC1.Cl. The minimum Gasteiger partial charge on any atom is -0.431 e. The number of halogens is 1. The fraction of sp³-hybridized carbons (Fsp3) is 0.348. The van der Waals surface area contributed by atoms with Gasteiger partial charge in [0.25, 0.3) is 5.91 Å². The minimum atomic E-state index is -0.116. The summed E-state index contributed by atoms with van der Waals surface area (Å²) in [7, 11) is 0. The largest absolute Gasteiger partial charge is 0.431 e. The standard InChI is InChI=1S/C23H26N4O2.ClH/c1-17-21(29-22(26-17)18-8-3-2-4-9-18)23(28)27(16-19-10-5-6-14-25-19)20-11-7-13-24-15-12-20;/h2-6,8-10,14,20,24H,7,11-13,15-16H2,1H3;1H. The average Bonchev–Trinajstić information content (AvgIpc) is 2.97. The maximum absolute atomic E-state index is 13.6. The summed E-state index contributed by atoms with van der Waals surface area (Å²) >= 11 is 0. The third-order valence-electron chi connectivity index (χ3n) is 5.32. The molecule has 1 aliphatic rings. The summed E-state index contributed by atoms with van der Waals surface area (Å²) in [6.45, 7) is 4.19. The molecule has 6 nitrogen and oxygen atoms in total. The lowest BCUT2D eigenvalue weighted by Crippen LogP contribution is -2.40. The zero-order valence-electron chi connectivity index (χ0n) is 17.1. The first-order valence-electron chi connectivity index (χ1n) is 10.2. The van der Waals surface area contributed by atoms with Crippen molar-refractivity contribution in [2.24, 2.45) is 0 Å². The van der Waals surface area contributed by atoms with Crippen molar-refractivity contribution >= 4 is 18.3 Å². The van der Waals surface area contributed by atoms with Crippen molar-refractivity contribution in [2.75, 3.05) is 13.1 Å². The van der Waals surface area contributed by atoms with Crippen molar-refractivity contribution in [1.82, 2.24) is 20.2 Å². The van der Waals surface area contributed by atoms with E-state index in [9.17, 15) is 4.79 Å². The predicted octanol–water partition coefficient (Wildman–Crippen LogP) is 4.25. The molecule has 30 heavy (non-hydrogen) atoms. The van der Waals surface area contributed by atoms with Gasteiger partial charge in [0.05, 0.1) is 17.9 Å². The number of carbonyl (C=O) groups excluding carboxylic acids is 1. The Morgan fingerprint density at radius 1 is 1.13 bits per heavy atom. The maximum atomic E-state index is 13.6. The third kappa shape index (κ3) is 5.07. The van der Waals surface area contributed by atoms with Crippen LogP contribution in [0.25, 0.3) is 11.5 Å². The number of oxazole rings is 1. The van der Waals surface area contributed by atoms with Crippen LogP contribution in [-0.4, -0.2) is 39.9 Å². The minimum absolute atomic E-state index is 0. The normalized spacial score (nSPS) is 16.4. The van der Waals surface area contributed by atoms with Gasteiger partial charge in [0.2, 0.25) is 11.7 Å². The molecular weight excluding hydrogens is 400 g/mol. The van der Waals surface area contributed by atoms with Crippen molar-refractivity contribution in [3.05, 3.63) is 71.9 Å². The van der Waals surface area contributed by atoms with Crippen molar-refractivity contribution in [1.29, 1.82) is 0 Å². The molecule has 1 amide bonds. The Morgan fingerprint density at radius 2 is 1.93 bits per heavy atom. The molecule has 1 saturated heterocycles. The lowest BCUT2D eigenvalue weighted by molar-refractivity contribution is 0.0609. The Balaban J connectivity index is 0.00000256. The first-order valence-corrected chi connectivity index (χ1v) is 10.2. The van der Waals surface area contributed by atoms with Gasteiger partial charge in [0.15, 0.2) is 0 Å². The summed E-state index contributed by atoms with van der Waals surface area (Å²) in [6.07, 6.45) is 4.68. The van der Waals surface area contributed by atoms with Gasteiger partial charge in [-0.1, -0.05) is 24.3 Å². The van der Waals surface area contributed by atoms with Crippen LogP contribution >= 0.6 is 12.4 Å². The summed E-state index contributed by atoms with van der Waals surface area (Å²) < 4.78 is 5.96. The molecule has 0 aliphatic carbocycles. The number of hydrogen-bond acceptors (Lipinski definition) is 5. The highest BCUT2D eigenvalue weighted by molar-refractivity contribution is 5.93. The molecular formula is C23H27ClN4O2. The van der Waals surface area contributed by atoms with E-state index in [1.165, 1.54) is 0 Å². The van der Waals surface area contributed by atoms with Crippen molar-refractivity contribution in [3.8, 4) is 11.5 Å². The molecule has 1 unspecified atom stereocenters. The van der Waals surface area contributed by atoms with Gasteiger partial charge in [-0.05, 0) is 63.5 Å². The fourth-order valence-corrected chi connectivity index (χ4v) is 3.77. The summed E-state index contributed by atoms with van der Waals surface area (Å²) in [5, 5.41) is 3.42. The first-order chi connectivity index (χ1) is 14.2. The Bertz CT molecular complexity index is 938. The second-order valence-corrected chi connectivity index (χ2v) is 7.39. The summed E-state index contributed by atoms with van der Waals surface area (Å²) in [5.41, 5.74) is 2.36. The number of nitrogens with one attached hydrogen (secondary N) is 1. The molecule has 0 bridgehead atoms. The van der Waals surface area contributed by atoms with Gasteiger partial charge in [0, 0.05) is 17.8 Å². The van der Waals surface area contributed by atoms with Gasteiger partial charge >= 0.3 is 0 Å². The monoisotopic (exact) mass is 426 g/mol. The number of nitrogens with zero attached hydrogens (tertiary/aromatic N) is 3. The highest BCUT2D eigenvalue weighted by Crippen LogP contribution is 2.25. The van der Waals surface area contributed by atoms with E-state index in [-0.39, 0.29) is 24.4 Å². The van der Waals surface area contributed by atoms with Crippen LogP contribution < -0.4 is 5.32 Å². The van der Waals surface area contributed by atoms with Crippen LogP contribution in [0.5, 0.6) is 0 Å². The molecule has 1 atom stereocenters. The molecule has 1 aliphatic heterocycles. The molecule has 0 saturated carbocycles. The third-order valence-corrected chi connectivity index (χ3v) is 5.32. The number of pyridine rings is 1. The van der Waals surface area contributed by atoms with E-state index >= 15 is 0 Å². The van der Waals surface area contributed by atoms with Crippen LogP contribution in [0.15, 0.2) is 59.1 Å². The van der Waals surface area contributed by atoms with E-state index in [0.29, 0.717) is 23.9 Å². The smallest absolute Gasteiger partial charge is 0.292 e. The van der Waals surface area contributed by atoms with Gasteiger partial charge in [-0.15, -0.1) is 12.4 Å². The van der Waals surface area contributed by atoms with Gasteiger partial charge in [0.1, 0.15) is 0 Å². The second-order valence-electron chi connectivity index (χ2n) is 7.39. The molecule has 7 heteroatoms. The molecule has 158 valence electrons. The molecule has 1 aromatic carbocycles. The van der Waals surface area contributed by atoms with Crippen molar-refractivity contribution < 1.29 is 9.21 Å². The Morgan fingerprint density at radius 3 is 2.70 bits per heavy atom. The van der Waals surface area contributed by atoms with E-state index in [1.807, 2.05) is 60.4 Å². The zero-order chi connectivity index (χ0) is 20.1. The van der Waals surface area contributed by atoms with Crippen molar-refractivity contribution in [3.63, 3.8) is 0 Å². The highest BCUT2D eigenvalue weighted by Gasteiger charge is 2.30. The summed E-state index contributed by atoms with van der Waals surface area (Å²) in [4.78, 5) is 24.4. The lowest BCUT2D eigenvalue weighted by atomic mass is 10.1. The van der Waals surface area contributed by atoms with Gasteiger partial charge in [-0.25, -0.2) is 4.98 Å². The van der Waals surface area contributed by atoms with Crippen LogP contribution in [0.1, 0.15) is 41.2 Å². The van der Waals surface area contributed by atoms with Crippen LogP contribution in [-0.2, 0) is 6.54 Å². The van der Waals surface area contributed by atoms with Gasteiger partial charge < -0.3 is 14.6 Å². The van der Waals surface area contributed by atoms with Crippen LogP contribution in [0.3, 0.4) is 0 Å². The van der Waals surface area contributed by atoms with E-state index < -0.39 is 0 Å². The first kappa shape index (κ1) is 22.0. The quantitative estimate of drug-likeness (QED) is 0.660. The summed E-state index contributed by atoms with van der Waals surface area (Å²) in [6, 6.07) is 15.6. The summed E-state index contributed by atoms with van der Waals surface area (Å²) in [5.74, 6) is 0.679. The molecule has 0 spiro atoms. The highest BCUT2D eigenvalue weighted by atomic mass is 35.5. The van der Waals surface area contributed by atoms with E-state index in [2.05, 4.69) is 15.3 Å². The molecule has 0 radical (unpaired) electrons. The lowest BCUT2D eigenvalue weighted by Gasteiger charge is -2.30. The number of aryl methyl sites for hydroxylation is 1. The predicted molar refractivity (Wildman–Crippen MR) is 119 cm³/mol. The van der Waals surface area contributed by atoms with Gasteiger partial charge in [-0.2, -0.15) is 0 Å². The number of rotatable bonds is 5. The number of carbonyl (C=O) groups is 1. The molecule has 3 aromatic rings. The number of benzene rings is 1. The van der Waals surface area contributed by atoms with Gasteiger partial charge in [-0.3, -0.25) is 9.78 Å². The molecule has 1 N–H and O–H groups in total. The molecule has 1 fully saturated rings. The van der Waals surface area contributed by atoms with E-state index in [4.69, 9.17) is 4.42 Å². The molecule has 3 heterocycles. The number of amides is 1. The zero-order valence-corrected chi connectivity index (χ0v) is 17.9. The Kier molecular flexibility index (Phi) is 7.60. The van der Waals surface area contributed by atoms with Crippen LogP contribution in [0.2, 0.25) is 0 Å². The maximum Gasteiger partial charge on any atom is 0.292 e.